The summed E-state index contributed by atoms with van der Waals surface area (Å²) in [4.78, 5) is 2.49. The van der Waals surface area contributed by atoms with Crippen molar-refractivity contribution in [3.8, 4) is 0 Å². The molecular weight excluding hydrogens is 158 g/mol. The molecule has 0 spiro atoms. The van der Waals surface area contributed by atoms with Crippen molar-refractivity contribution in [1.82, 2.24) is 4.90 Å². The Morgan fingerprint density at radius 3 is 2.46 bits per heavy atom. The zero-order chi connectivity index (χ0) is 9.00. The molecule has 0 N–H and O–H groups in total. The van der Waals surface area contributed by atoms with Crippen molar-refractivity contribution in [3.05, 3.63) is 0 Å². The quantitative estimate of drug-likeness (QED) is 0.597. The van der Waals surface area contributed by atoms with Crippen LogP contribution in [0.4, 0.5) is 0 Å². The Balaban J connectivity index is 1.83. The first-order valence-electron chi connectivity index (χ1n) is 5.94. The summed E-state index contributed by atoms with van der Waals surface area (Å²) in [5, 5.41) is 0. The summed E-state index contributed by atoms with van der Waals surface area (Å²) in [5.41, 5.74) is 0. The smallest absolute Gasteiger partial charge is 0.0123 e. The van der Waals surface area contributed by atoms with Gasteiger partial charge in [-0.1, -0.05) is 0 Å². The molecule has 3 rings (SSSR count). The van der Waals surface area contributed by atoms with Gasteiger partial charge in [0.25, 0.3) is 0 Å². The lowest BCUT2D eigenvalue weighted by Gasteiger charge is -2.32. The monoisotopic (exact) mass is 179 g/mol. The molecule has 2 bridgehead atoms. The largest absolute Gasteiger partial charge is 0.306 e. The molecule has 3 saturated carbocycles. The van der Waals surface area contributed by atoms with E-state index in [0.29, 0.717) is 0 Å². The van der Waals surface area contributed by atoms with Gasteiger partial charge in [-0.2, -0.15) is 0 Å². The Hall–Kier alpha value is -0.0400. The van der Waals surface area contributed by atoms with Gasteiger partial charge in [0.05, 0.1) is 0 Å². The molecule has 3 aliphatic rings. The van der Waals surface area contributed by atoms with Gasteiger partial charge in [-0.25, -0.2) is 0 Å². The van der Waals surface area contributed by atoms with Crippen LogP contribution in [0.2, 0.25) is 0 Å². The molecule has 0 heterocycles. The van der Waals surface area contributed by atoms with Crippen molar-refractivity contribution in [2.75, 3.05) is 14.1 Å². The van der Waals surface area contributed by atoms with E-state index in [1.165, 1.54) is 12.8 Å². The third kappa shape index (κ3) is 1.03. The normalized spacial score (nSPS) is 53.3. The maximum Gasteiger partial charge on any atom is 0.0123 e. The summed E-state index contributed by atoms with van der Waals surface area (Å²) < 4.78 is 0. The van der Waals surface area contributed by atoms with Crippen molar-refractivity contribution in [3.63, 3.8) is 0 Å². The van der Waals surface area contributed by atoms with Gasteiger partial charge in [0.15, 0.2) is 0 Å². The highest BCUT2D eigenvalue weighted by Gasteiger charge is 2.53. The molecule has 3 aliphatic carbocycles. The Morgan fingerprint density at radius 2 is 1.69 bits per heavy atom. The van der Waals surface area contributed by atoms with Crippen LogP contribution in [0.5, 0.6) is 0 Å². The molecule has 3 fully saturated rings. The lowest BCUT2D eigenvalue weighted by Crippen LogP contribution is -2.36. The summed E-state index contributed by atoms with van der Waals surface area (Å²) in [6.45, 7) is 0. The van der Waals surface area contributed by atoms with Crippen molar-refractivity contribution >= 4 is 0 Å². The fourth-order valence-electron chi connectivity index (χ4n) is 4.64. The maximum atomic E-state index is 2.49. The number of fused-ring (bicyclic) bond motifs is 5. The highest BCUT2D eigenvalue weighted by Crippen LogP contribution is 2.59. The second-order valence-corrected chi connectivity index (χ2v) is 5.68. The molecule has 74 valence electrons. The molecule has 1 heteroatoms. The Kier molecular flexibility index (Phi) is 1.74. The maximum absolute atomic E-state index is 2.49. The highest BCUT2D eigenvalue weighted by molar-refractivity contribution is 5.04. The Bertz CT molecular complexity index is 211. The summed E-state index contributed by atoms with van der Waals surface area (Å²) in [5.74, 6) is 4.48. The van der Waals surface area contributed by atoms with Crippen LogP contribution in [0.3, 0.4) is 0 Å². The molecule has 0 saturated heterocycles. The number of nitrogens with zero attached hydrogens (tertiary/aromatic N) is 1. The highest BCUT2D eigenvalue weighted by atomic mass is 15.1. The average molecular weight is 179 g/mol. The first-order chi connectivity index (χ1) is 6.27. The van der Waals surface area contributed by atoms with Crippen LogP contribution in [0, 0.1) is 23.7 Å². The molecule has 5 atom stereocenters. The first kappa shape index (κ1) is 8.28. The van der Waals surface area contributed by atoms with Gasteiger partial charge in [0.2, 0.25) is 0 Å². The van der Waals surface area contributed by atoms with E-state index in [1.807, 2.05) is 0 Å². The number of hydrogen-bond acceptors (Lipinski definition) is 1. The van der Waals surface area contributed by atoms with Gasteiger partial charge in [0, 0.05) is 6.04 Å². The average Bonchev–Trinajstić information content (AvgIpc) is 2.76. The van der Waals surface area contributed by atoms with Gasteiger partial charge in [-0.3, -0.25) is 0 Å². The van der Waals surface area contributed by atoms with Crippen molar-refractivity contribution in [1.29, 1.82) is 0 Å². The molecule has 1 nitrogen and oxygen atoms in total. The van der Waals surface area contributed by atoms with Gasteiger partial charge in [0.1, 0.15) is 0 Å². The van der Waals surface area contributed by atoms with Crippen LogP contribution < -0.4 is 0 Å². The summed E-state index contributed by atoms with van der Waals surface area (Å²) >= 11 is 0. The minimum atomic E-state index is 0.931. The molecule has 0 aromatic heterocycles. The van der Waals surface area contributed by atoms with E-state index in [9.17, 15) is 0 Å². The van der Waals surface area contributed by atoms with Gasteiger partial charge >= 0.3 is 0 Å². The van der Waals surface area contributed by atoms with Crippen LogP contribution in [0.15, 0.2) is 0 Å². The fraction of sp³-hybridized carbons (Fsp3) is 1.00. The molecule has 13 heavy (non-hydrogen) atoms. The molecule has 0 amide bonds. The Labute approximate surface area is 81.5 Å². The van der Waals surface area contributed by atoms with E-state index in [4.69, 9.17) is 0 Å². The fourth-order valence-corrected chi connectivity index (χ4v) is 4.64. The van der Waals surface area contributed by atoms with Crippen LogP contribution in [0.1, 0.15) is 32.1 Å². The third-order valence-corrected chi connectivity index (χ3v) is 5.06. The van der Waals surface area contributed by atoms with E-state index < -0.39 is 0 Å². The third-order valence-electron chi connectivity index (χ3n) is 5.06. The molecule has 0 aromatic carbocycles. The van der Waals surface area contributed by atoms with E-state index in [-0.39, 0.29) is 0 Å². The molecule has 0 aliphatic heterocycles. The van der Waals surface area contributed by atoms with Gasteiger partial charge in [-0.15, -0.1) is 0 Å². The van der Waals surface area contributed by atoms with Crippen molar-refractivity contribution in [2.24, 2.45) is 23.7 Å². The number of hydrogen-bond donors (Lipinski definition) is 0. The van der Waals surface area contributed by atoms with Crippen LogP contribution >= 0.6 is 0 Å². The van der Waals surface area contributed by atoms with E-state index >= 15 is 0 Å². The predicted octanol–water partition coefficient (Wildman–Crippen LogP) is 2.37. The zero-order valence-electron chi connectivity index (χ0n) is 8.87. The number of rotatable bonds is 1. The second-order valence-electron chi connectivity index (χ2n) is 5.68. The summed E-state index contributed by atoms with van der Waals surface area (Å²) in [6, 6.07) is 0.931. The summed E-state index contributed by atoms with van der Waals surface area (Å²) in [6.07, 6.45) is 7.71. The van der Waals surface area contributed by atoms with E-state index in [0.717, 1.165) is 29.7 Å². The lowest BCUT2D eigenvalue weighted by atomic mass is 9.80. The van der Waals surface area contributed by atoms with Gasteiger partial charge < -0.3 is 4.90 Å². The minimum absolute atomic E-state index is 0.931. The van der Waals surface area contributed by atoms with Crippen LogP contribution in [0.25, 0.3) is 0 Å². The van der Waals surface area contributed by atoms with E-state index in [1.54, 1.807) is 19.3 Å². The summed E-state index contributed by atoms with van der Waals surface area (Å²) in [7, 11) is 4.55. The standard InChI is InChI=1S/C12H21N/c1-13(2)11-6-5-10-8-3-4-9(7-8)12(10)11/h8-12H,3-7H2,1-2H3. The predicted molar refractivity (Wildman–Crippen MR) is 54.5 cm³/mol. The van der Waals surface area contributed by atoms with Crippen molar-refractivity contribution < 1.29 is 0 Å². The topological polar surface area (TPSA) is 3.24 Å². The van der Waals surface area contributed by atoms with Crippen molar-refractivity contribution in [2.45, 2.75) is 38.1 Å². The second kappa shape index (κ2) is 2.73. The zero-order valence-corrected chi connectivity index (χ0v) is 8.87. The first-order valence-corrected chi connectivity index (χ1v) is 5.94. The molecular formula is C12H21N. The molecule has 0 aromatic rings. The van der Waals surface area contributed by atoms with E-state index in [2.05, 4.69) is 19.0 Å². The minimum Gasteiger partial charge on any atom is -0.306 e. The van der Waals surface area contributed by atoms with Crippen LogP contribution in [-0.4, -0.2) is 25.0 Å². The Morgan fingerprint density at radius 1 is 0.923 bits per heavy atom. The SMILES string of the molecule is CN(C)C1CCC2C3CCC(C3)C21. The molecule has 5 unspecified atom stereocenters. The van der Waals surface area contributed by atoms with Crippen LogP contribution in [-0.2, 0) is 0 Å². The van der Waals surface area contributed by atoms with Gasteiger partial charge in [-0.05, 0) is 69.9 Å². The lowest BCUT2D eigenvalue weighted by molar-refractivity contribution is 0.160. The molecule has 0 radical (unpaired) electrons.